The van der Waals surface area contributed by atoms with Crippen molar-refractivity contribution >= 4 is 12.4 Å². The molecule has 2 aliphatic rings. The van der Waals surface area contributed by atoms with E-state index in [2.05, 4.69) is 32.8 Å². The van der Waals surface area contributed by atoms with E-state index in [9.17, 15) is 8.78 Å². The van der Waals surface area contributed by atoms with Crippen LogP contribution in [0, 0.1) is 11.3 Å². The molecule has 1 saturated heterocycles. The van der Waals surface area contributed by atoms with Gasteiger partial charge in [0.15, 0.2) is 0 Å². The molecule has 1 aliphatic heterocycles. The lowest BCUT2D eigenvalue weighted by Crippen LogP contribution is -2.35. The van der Waals surface area contributed by atoms with E-state index in [1.807, 2.05) is 6.20 Å². The molecule has 0 aromatic carbocycles. The minimum Gasteiger partial charge on any atom is -0.425 e. The summed E-state index contributed by atoms with van der Waals surface area (Å²) in [7, 11) is 0. The van der Waals surface area contributed by atoms with Gasteiger partial charge in [-0.1, -0.05) is 13.8 Å². The molecule has 2 heterocycles. The Balaban J connectivity index is 1.69. The molecule has 20 heavy (non-hydrogen) atoms. The molecule has 110 valence electrons. The summed E-state index contributed by atoms with van der Waals surface area (Å²) in [4.78, 5) is 0. The maximum absolute atomic E-state index is 12.9. The predicted molar refractivity (Wildman–Crippen MR) is 74.4 cm³/mol. The largest absolute Gasteiger partial charge is 0.425 e. The number of aromatic nitrogens is 2. The number of rotatable bonds is 3. The first-order valence-electron chi connectivity index (χ1n) is 7.19. The molecule has 3 rings (SSSR count). The van der Waals surface area contributed by atoms with Crippen molar-refractivity contribution in [2.24, 2.45) is 11.3 Å². The predicted octanol–water partition coefficient (Wildman–Crippen LogP) is 2.57. The van der Waals surface area contributed by atoms with Gasteiger partial charge in [-0.3, -0.25) is 4.68 Å². The molecule has 0 bridgehead atoms. The van der Waals surface area contributed by atoms with Gasteiger partial charge in [0.25, 0.3) is 5.92 Å². The van der Waals surface area contributed by atoms with E-state index in [-0.39, 0.29) is 24.4 Å². The van der Waals surface area contributed by atoms with Gasteiger partial charge in [0.2, 0.25) is 0 Å². The molecule has 1 unspecified atom stereocenters. The molecule has 1 atom stereocenters. The maximum Gasteiger partial charge on any atom is 0.331 e. The average molecular weight is 282 g/mol. The molecular formula is C14H21BF2N2O. The van der Waals surface area contributed by atoms with Crippen molar-refractivity contribution in [2.45, 2.75) is 58.5 Å². The van der Waals surface area contributed by atoms with Gasteiger partial charge in [0.1, 0.15) is 0 Å². The van der Waals surface area contributed by atoms with Crippen molar-refractivity contribution in [3.8, 4) is 0 Å². The summed E-state index contributed by atoms with van der Waals surface area (Å²) in [5, 5.41) is 4.21. The fourth-order valence-electron chi connectivity index (χ4n) is 2.79. The van der Waals surface area contributed by atoms with Crippen molar-refractivity contribution in [2.75, 3.05) is 0 Å². The smallest absolute Gasteiger partial charge is 0.331 e. The lowest BCUT2D eigenvalue weighted by atomic mass is 9.55. The summed E-state index contributed by atoms with van der Waals surface area (Å²) in [6, 6.07) is 0. The van der Waals surface area contributed by atoms with Crippen molar-refractivity contribution in [3.05, 3.63) is 12.4 Å². The molecule has 2 fully saturated rings. The molecule has 1 aliphatic carbocycles. The highest BCUT2D eigenvalue weighted by atomic mass is 19.3. The molecule has 1 aromatic rings. The molecule has 3 nitrogen and oxygen atoms in total. The summed E-state index contributed by atoms with van der Waals surface area (Å²) in [6.07, 6.45) is 4.52. The number of nitrogens with zero attached hydrogens (tertiary/aromatic N) is 2. The Hall–Kier alpha value is -0.905. The summed E-state index contributed by atoms with van der Waals surface area (Å²) >= 11 is 0. The second kappa shape index (κ2) is 4.06. The van der Waals surface area contributed by atoms with Crippen LogP contribution in [-0.4, -0.2) is 28.2 Å². The first kappa shape index (κ1) is 14.0. The van der Waals surface area contributed by atoms with E-state index in [0.29, 0.717) is 6.54 Å². The van der Waals surface area contributed by atoms with Gasteiger partial charge < -0.3 is 4.65 Å². The lowest BCUT2D eigenvalue weighted by molar-refractivity contribution is 0.0375. The maximum atomic E-state index is 12.9. The van der Waals surface area contributed by atoms with E-state index in [1.165, 1.54) is 0 Å². The highest BCUT2D eigenvalue weighted by molar-refractivity contribution is 6.68. The Morgan fingerprint density at radius 3 is 2.55 bits per heavy atom. The molecule has 6 heteroatoms. The van der Waals surface area contributed by atoms with E-state index in [0.717, 1.165) is 11.8 Å². The number of hydrogen-bond acceptors (Lipinski definition) is 2. The zero-order valence-electron chi connectivity index (χ0n) is 12.5. The quantitative estimate of drug-likeness (QED) is 0.797. The normalized spacial score (nSPS) is 29.7. The fourth-order valence-corrected chi connectivity index (χ4v) is 2.79. The van der Waals surface area contributed by atoms with Gasteiger partial charge >= 0.3 is 6.92 Å². The molecule has 0 radical (unpaired) electrons. The van der Waals surface area contributed by atoms with Crippen LogP contribution in [0.15, 0.2) is 12.4 Å². The van der Waals surface area contributed by atoms with Crippen LogP contribution in [0.5, 0.6) is 0 Å². The second-order valence-electron chi connectivity index (χ2n) is 7.36. The van der Waals surface area contributed by atoms with E-state index < -0.39 is 11.8 Å². The molecule has 0 spiro atoms. The number of alkyl halides is 2. The first-order valence-corrected chi connectivity index (χ1v) is 7.19. The highest BCUT2D eigenvalue weighted by Gasteiger charge is 2.57. The zero-order chi connectivity index (χ0) is 14.8. The molecular weight excluding hydrogens is 261 g/mol. The monoisotopic (exact) mass is 282 g/mol. The summed E-state index contributed by atoms with van der Waals surface area (Å²) < 4.78 is 33.6. The topological polar surface area (TPSA) is 27.1 Å². The van der Waals surface area contributed by atoms with Crippen LogP contribution in [0.4, 0.5) is 8.78 Å². The van der Waals surface area contributed by atoms with Crippen LogP contribution in [0.25, 0.3) is 0 Å². The number of halogens is 2. The van der Waals surface area contributed by atoms with Crippen molar-refractivity contribution < 1.29 is 13.4 Å². The van der Waals surface area contributed by atoms with Crippen LogP contribution in [0.1, 0.15) is 34.1 Å². The zero-order valence-corrected chi connectivity index (χ0v) is 12.5. The van der Waals surface area contributed by atoms with Crippen LogP contribution < -0.4 is 5.46 Å². The van der Waals surface area contributed by atoms with Gasteiger partial charge in [0.05, 0.1) is 5.60 Å². The number of hydrogen-bond donors (Lipinski definition) is 0. The fraction of sp³-hybridized carbons (Fsp3) is 0.786. The average Bonchev–Trinajstić information content (AvgIpc) is 2.67. The SMILES string of the molecule is CC1(C)CB(c2cnn(CC3CC3(F)F)c2)OC1(C)C. The van der Waals surface area contributed by atoms with E-state index >= 15 is 0 Å². The van der Waals surface area contributed by atoms with Crippen molar-refractivity contribution in [3.63, 3.8) is 0 Å². The van der Waals surface area contributed by atoms with Crippen LogP contribution in [-0.2, 0) is 11.2 Å². The molecule has 0 amide bonds. The third kappa shape index (κ3) is 2.28. The first-order chi connectivity index (χ1) is 9.11. The third-order valence-electron chi connectivity index (χ3n) is 5.15. The van der Waals surface area contributed by atoms with Crippen molar-refractivity contribution in [1.82, 2.24) is 9.78 Å². The van der Waals surface area contributed by atoms with Crippen LogP contribution >= 0.6 is 0 Å². The van der Waals surface area contributed by atoms with E-state index in [4.69, 9.17) is 4.65 Å². The Morgan fingerprint density at radius 1 is 1.40 bits per heavy atom. The minimum atomic E-state index is -2.49. The Labute approximate surface area is 118 Å². The second-order valence-corrected chi connectivity index (χ2v) is 7.36. The Morgan fingerprint density at radius 2 is 2.05 bits per heavy atom. The van der Waals surface area contributed by atoms with Crippen molar-refractivity contribution in [1.29, 1.82) is 0 Å². The summed E-state index contributed by atoms with van der Waals surface area (Å²) in [5.74, 6) is -3.03. The summed E-state index contributed by atoms with van der Waals surface area (Å²) in [5.41, 5.74) is 0.889. The van der Waals surface area contributed by atoms with Gasteiger partial charge in [-0.25, -0.2) is 8.78 Å². The lowest BCUT2D eigenvalue weighted by Gasteiger charge is -2.34. The molecule has 1 saturated carbocycles. The van der Waals surface area contributed by atoms with Gasteiger partial charge in [-0.2, -0.15) is 5.10 Å². The minimum absolute atomic E-state index is 0.00784. The summed E-state index contributed by atoms with van der Waals surface area (Å²) in [6.45, 7) is 8.90. The van der Waals surface area contributed by atoms with Gasteiger partial charge in [0, 0.05) is 31.3 Å². The highest BCUT2D eigenvalue weighted by Crippen LogP contribution is 2.49. The van der Waals surface area contributed by atoms with E-state index in [1.54, 1.807) is 10.9 Å². The third-order valence-corrected chi connectivity index (χ3v) is 5.15. The van der Waals surface area contributed by atoms with Gasteiger partial charge in [-0.05, 0) is 31.0 Å². The molecule has 0 N–H and O–H groups in total. The van der Waals surface area contributed by atoms with Crippen LogP contribution in [0.3, 0.4) is 0 Å². The standard InChI is InChI=1S/C14H21BF2N2O/c1-12(2)9-15(20-13(12,3)4)11-6-18-19(8-11)7-10-5-14(10,16)17/h6,8,10H,5,7,9H2,1-4H3. The van der Waals surface area contributed by atoms with Crippen LogP contribution in [0.2, 0.25) is 6.32 Å². The van der Waals surface area contributed by atoms with Gasteiger partial charge in [-0.15, -0.1) is 0 Å². The molecule has 1 aromatic heterocycles. The Bertz CT molecular complexity index is 511. The Kier molecular flexibility index (Phi) is 2.85.